The number of methoxy groups -OCH3 is 1. The lowest BCUT2D eigenvalue weighted by Gasteiger charge is -2.33. The summed E-state index contributed by atoms with van der Waals surface area (Å²) in [5.74, 6) is 0.540. The molecule has 0 bridgehead atoms. The van der Waals surface area contributed by atoms with Crippen LogP contribution in [-0.2, 0) is 14.3 Å². The second-order valence-electron chi connectivity index (χ2n) is 6.85. The van der Waals surface area contributed by atoms with Crippen LogP contribution in [0.4, 0.5) is 5.69 Å². The molecule has 1 aromatic rings. The van der Waals surface area contributed by atoms with E-state index in [9.17, 15) is 9.59 Å². The number of amides is 2. The first-order chi connectivity index (χ1) is 12.6. The largest absolute Gasteiger partial charge is 0.495 e. The Morgan fingerprint density at radius 1 is 1.23 bits per heavy atom. The van der Waals surface area contributed by atoms with Gasteiger partial charge in [0.1, 0.15) is 11.9 Å². The number of para-hydroxylation sites is 2. The zero-order valence-corrected chi connectivity index (χ0v) is 15.1. The molecule has 2 atom stereocenters. The highest BCUT2D eigenvalue weighted by atomic mass is 16.5. The summed E-state index contributed by atoms with van der Waals surface area (Å²) in [6.45, 7) is 1.61. The molecule has 3 N–H and O–H groups in total. The van der Waals surface area contributed by atoms with Gasteiger partial charge in [0.15, 0.2) is 0 Å². The molecule has 0 aromatic heterocycles. The van der Waals surface area contributed by atoms with Gasteiger partial charge < -0.3 is 25.4 Å². The van der Waals surface area contributed by atoms with Crippen molar-refractivity contribution in [1.82, 2.24) is 4.90 Å². The third-order valence-corrected chi connectivity index (χ3v) is 5.19. The Morgan fingerprint density at radius 2 is 1.96 bits per heavy atom. The van der Waals surface area contributed by atoms with Gasteiger partial charge in [-0.25, -0.2) is 0 Å². The fraction of sp³-hybridized carbons (Fsp3) is 0.579. The molecule has 3 rings (SSSR count). The highest BCUT2D eigenvalue weighted by Crippen LogP contribution is 2.27. The lowest BCUT2D eigenvalue weighted by molar-refractivity contribution is -0.145. The van der Waals surface area contributed by atoms with Gasteiger partial charge in [0, 0.05) is 25.6 Å². The molecular formula is C19H27N3O4. The lowest BCUT2D eigenvalue weighted by Crippen LogP contribution is -2.45. The zero-order valence-electron chi connectivity index (χ0n) is 15.1. The fourth-order valence-corrected chi connectivity index (χ4v) is 3.61. The molecule has 2 saturated heterocycles. The average molecular weight is 361 g/mol. The van der Waals surface area contributed by atoms with Gasteiger partial charge in [-0.1, -0.05) is 12.1 Å². The predicted octanol–water partition coefficient (Wildman–Crippen LogP) is 1.38. The van der Waals surface area contributed by atoms with Crippen molar-refractivity contribution >= 4 is 17.5 Å². The molecule has 1 aromatic carbocycles. The van der Waals surface area contributed by atoms with E-state index >= 15 is 0 Å². The van der Waals surface area contributed by atoms with E-state index < -0.39 is 0 Å². The number of nitrogens with two attached hydrogens (primary N) is 1. The van der Waals surface area contributed by atoms with E-state index in [0.717, 1.165) is 12.8 Å². The monoisotopic (exact) mass is 361 g/mol. The maximum Gasteiger partial charge on any atom is 0.251 e. The Labute approximate surface area is 153 Å². The number of nitrogens with zero attached hydrogens (tertiary/aromatic N) is 1. The van der Waals surface area contributed by atoms with Crippen molar-refractivity contribution in [1.29, 1.82) is 0 Å². The second-order valence-corrected chi connectivity index (χ2v) is 6.85. The van der Waals surface area contributed by atoms with Gasteiger partial charge in [0.2, 0.25) is 5.91 Å². The Kier molecular flexibility index (Phi) is 6.11. The van der Waals surface area contributed by atoms with Crippen molar-refractivity contribution in [3.05, 3.63) is 24.3 Å². The quantitative estimate of drug-likeness (QED) is 0.826. The van der Waals surface area contributed by atoms with E-state index in [-0.39, 0.29) is 29.9 Å². The average Bonchev–Trinajstić information content (AvgIpc) is 3.17. The Bertz CT molecular complexity index is 643. The number of hydrogen-bond acceptors (Lipinski definition) is 5. The molecule has 142 valence electrons. The third-order valence-electron chi connectivity index (χ3n) is 5.19. The number of benzene rings is 1. The molecular weight excluding hydrogens is 334 g/mol. The van der Waals surface area contributed by atoms with Crippen LogP contribution in [0.25, 0.3) is 0 Å². The molecule has 2 aliphatic rings. The Balaban J connectivity index is 1.50. The molecule has 26 heavy (non-hydrogen) atoms. The van der Waals surface area contributed by atoms with Crippen molar-refractivity contribution in [2.75, 3.05) is 32.1 Å². The van der Waals surface area contributed by atoms with E-state index in [0.29, 0.717) is 43.9 Å². The number of carbonyl (C=O) groups excluding carboxylic acids is 2. The molecule has 2 amide bonds. The van der Waals surface area contributed by atoms with Gasteiger partial charge in [0.05, 0.1) is 18.9 Å². The minimum atomic E-state index is -0.373. The molecule has 7 nitrogen and oxygen atoms in total. The molecule has 0 aliphatic carbocycles. The van der Waals surface area contributed by atoms with Crippen LogP contribution in [0, 0.1) is 5.92 Å². The molecule has 7 heteroatoms. The van der Waals surface area contributed by atoms with Gasteiger partial charge in [-0.05, 0) is 37.8 Å². The maximum atomic E-state index is 12.6. The summed E-state index contributed by atoms with van der Waals surface area (Å²) in [6.07, 6.45) is 2.50. The Morgan fingerprint density at radius 3 is 2.62 bits per heavy atom. The van der Waals surface area contributed by atoms with Gasteiger partial charge in [-0.15, -0.1) is 0 Å². The van der Waals surface area contributed by atoms with Crippen LogP contribution in [0.3, 0.4) is 0 Å². The minimum absolute atomic E-state index is 0.00637. The van der Waals surface area contributed by atoms with Crippen LogP contribution in [-0.4, -0.2) is 55.7 Å². The van der Waals surface area contributed by atoms with Crippen molar-refractivity contribution in [2.24, 2.45) is 11.7 Å². The standard InChI is InChI=1S/C19H27N3O4/c1-25-16-5-3-2-4-15(16)21-18(23)13-8-10-22(11-9-13)19(24)17-7-6-14(12-20)26-17/h2-5,13-14,17H,6-12,20H2,1H3,(H,21,23)/t14-,17+/m1/s1. The summed E-state index contributed by atoms with van der Waals surface area (Å²) in [4.78, 5) is 26.9. The first kappa shape index (κ1) is 18.7. The van der Waals surface area contributed by atoms with E-state index in [2.05, 4.69) is 5.32 Å². The molecule has 2 aliphatic heterocycles. The third kappa shape index (κ3) is 4.16. The van der Waals surface area contributed by atoms with Gasteiger partial charge in [-0.3, -0.25) is 9.59 Å². The highest BCUT2D eigenvalue weighted by Gasteiger charge is 2.35. The maximum absolute atomic E-state index is 12.6. The van der Waals surface area contributed by atoms with Gasteiger partial charge in [0.25, 0.3) is 5.91 Å². The number of piperidine rings is 1. The number of rotatable bonds is 5. The number of likely N-dealkylation sites (tertiary alicyclic amines) is 1. The number of nitrogens with one attached hydrogen (secondary N) is 1. The zero-order chi connectivity index (χ0) is 18.5. The lowest BCUT2D eigenvalue weighted by atomic mass is 9.95. The topological polar surface area (TPSA) is 93.9 Å². The van der Waals surface area contributed by atoms with Crippen molar-refractivity contribution in [3.63, 3.8) is 0 Å². The molecule has 2 fully saturated rings. The minimum Gasteiger partial charge on any atom is -0.495 e. The number of ether oxygens (including phenoxy) is 2. The van der Waals surface area contributed by atoms with Crippen molar-refractivity contribution in [2.45, 2.75) is 37.9 Å². The van der Waals surface area contributed by atoms with Crippen LogP contribution in [0.5, 0.6) is 5.75 Å². The van der Waals surface area contributed by atoms with E-state index in [1.54, 1.807) is 7.11 Å². The number of carbonyl (C=O) groups is 2. The van der Waals surface area contributed by atoms with Crippen LogP contribution < -0.4 is 15.8 Å². The van der Waals surface area contributed by atoms with Crippen LogP contribution in [0.1, 0.15) is 25.7 Å². The fourth-order valence-electron chi connectivity index (χ4n) is 3.61. The Hall–Kier alpha value is -2.12. The molecule has 0 radical (unpaired) electrons. The highest BCUT2D eigenvalue weighted by molar-refractivity contribution is 5.94. The molecule has 0 spiro atoms. The first-order valence-corrected chi connectivity index (χ1v) is 9.20. The second kappa shape index (κ2) is 8.51. The van der Waals surface area contributed by atoms with Gasteiger partial charge >= 0.3 is 0 Å². The van der Waals surface area contributed by atoms with Crippen LogP contribution in [0.2, 0.25) is 0 Å². The number of anilines is 1. The summed E-state index contributed by atoms with van der Waals surface area (Å²) in [5, 5.41) is 2.94. The first-order valence-electron chi connectivity index (χ1n) is 9.20. The van der Waals surface area contributed by atoms with Gasteiger partial charge in [-0.2, -0.15) is 0 Å². The predicted molar refractivity (Wildman–Crippen MR) is 97.9 cm³/mol. The van der Waals surface area contributed by atoms with Crippen LogP contribution in [0.15, 0.2) is 24.3 Å². The molecule has 2 heterocycles. The normalized spacial score (nSPS) is 23.7. The van der Waals surface area contributed by atoms with E-state index in [4.69, 9.17) is 15.2 Å². The number of hydrogen-bond donors (Lipinski definition) is 2. The molecule has 0 saturated carbocycles. The van der Waals surface area contributed by atoms with E-state index in [1.165, 1.54) is 0 Å². The summed E-state index contributed by atoms with van der Waals surface area (Å²) in [6, 6.07) is 7.35. The summed E-state index contributed by atoms with van der Waals surface area (Å²) >= 11 is 0. The molecule has 0 unspecified atom stereocenters. The summed E-state index contributed by atoms with van der Waals surface area (Å²) in [5.41, 5.74) is 6.28. The van der Waals surface area contributed by atoms with Crippen molar-refractivity contribution < 1.29 is 19.1 Å². The van der Waals surface area contributed by atoms with Crippen molar-refractivity contribution in [3.8, 4) is 5.75 Å². The SMILES string of the molecule is COc1ccccc1NC(=O)C1CCN(C(=O)[C@@H]2CC[C@H](CN)O2)CC1. The summed E-state index contributed by atoms with van der Waals surface area (Å²) in [7, 11) is 1.58. The summed E-state index contributed by atoms with van der Waals surface area (Å²) < 4.78 is 11.0. The van der Waals surface area contributed by atoms with Crippen LogP contribution >= 0.6 is 0 Å². The smallest absolute Gasteiger partial charge is 0.251 e. The van der Waals surface area contributed by atoms with E-state index in [1.807, 2.05) is 29.2 Å².